The number of anilines is 1. The van der Waals surface area contributed by atoms with Gasteiger partial charge >= 0.3 is 0 Å². The van der Waals surface area contributed by atoms with Gasteiger partial charge in [-0.2, -0.15) is 0 Å². The highest BCUT2D eigenvalue weighted by molar-refractivity contribution is 7.92. The van der Waals surface area contributed by atoms with E-state index >= 15 is 0 Å². The first-order valence-electron chi connectivity index (χ1n) is 13.0. The Hall–Kier alpha value is -2.78. The molecule has 0 radical (unpaired) electrons. The minimum atomic E-state index is -3.61. The summed E-state index contributed by atoms with van der Waals surface area (Å²) in [6.07, 6.45) is 3.75. The number of halogens is 1. The predicted octanol–water partition coefficient (Wildman–Crippen LogP) is 4.93. The van der Waals surface area contributed by atoms with Gasteiger partial charge in [0.05, 0.1) is 19.1 Å². The molecular formula is C28H40ClN3O5S. The van der Waals surface area contributed by atoms with Crippen LogP contribution in [0.5, 0.6) is 5.75 Å². The quantitative estimate of drug-likeness (QED) is 0.309. The third-order valence-electron chi connectivity index (χ3n) is 6.36. The van der Waals surface area contributed by atoms with E-state index in [1.54, 1.807) is 37.1 Å². The lowest BCUT2D eigenvalue weighted by molar-refractivity contribution is -0.141. The van der Waals surface area contributed by atoms with E-state index in [4.69, 9.17) is 16.3 Å². The molecule has 0 aliphatic rings. The molecule has 0 aliphatic carbocycles. The largest absolute Gasteiger partial charge is 0.497 e. The number of methoxy groups -OCH3 is 1. The number of nitrogens with one attached hydrogen (secondary N) is 1. The maximum absolute atomic E-state index is 13.6. The third-order valence-corrected chi connectivity index (χ3v) is 7.95. The summed E-state index contributed by atoms with van der Waals surface area (Å²) in [5.41, 5.74) is 1.98. The Labute approximate surface area is 232 Å². The van der Waals surface area contributed by atoms with Crippen molar-refractivity contribution in [1.29, 1.82) is 0 Å². The number of sulfonamides is 1. The highest BCUT2D eigenvalue weighted by Crippen LogP contribution is 2.28. The lowest BCUT2D eigenvalue weighted by atomic mass is 10.1. The molecule has 0 aromatic heterocycles. The molecule has 0 bridgehead atoms. The molecule has 10 heteroatoms. The van der Waals surface area contributed by atoms with E-state index in [2.05, 4.69) is 5.32 Å². The van der Waals surface area contributed by atoms with Gasteiger partial charge in [-0.3, -0.25) is 13.9 Å². The predicted molar refractivity (Wildman–Crippen MR) is 153 cm³/mol. The molecule has 0 spiro atoms. The highest BCUT2D eigenvalue weighted by atomic mass is 35.5. The molecule has 1 atom stereocenters. The maximum Gasteiger partial charge on any atom is 0.242 e. The Morgan fingerprint density at radius 1 is 1.11 bits per heavy atom. The molecule has 38 heavy (non-hydrogen) atoms. The summed E-state index contributed by atoms with van der Waals surface area (Å²) < 4.78 is 31.8. The van der Waals surface area contributed by atoms with Gasteiger partial charge in [-0.15, -0.1) is 0 Å². The van der Waals surface area contributed by atoms with Crippen LogP contribution < -0.4 is 14.4 Å². The number of unbranched alkanes of at least 4 members (excludes halogenated alkanes) is 1. The fourth-order valence-electron chi connectivity index (χ4n) is 4.24. The van der Waals surface area contributed by atoms with E-state index in [-0.39, 0.29) is 37.7 Å². The fourth-order valence-corrected chi connectivity index (χ4v) is 5.43. The van der Waals surface area contributed by atoms with Crippen LogP contribution in [0.15, 0.2) is 42.5 Å². The topological polar surface area (TPSA) is 96.0 Å². The van der Waals surface area contributed by atoms with Crippen LogP contribution in [-0.4, -0.2) is 57.6 Å². The second-order valence-electron chi connectivity index (χ2n) is 9.26. The molecule has 2 aromatic rings. The number of rotatable bonds is 15. The fraction of sp³-hybridized carbons (Fsp3) is 0.500. The first-order chi connectivity index (χ1) is 18.0. The van der Waals surface area contributed by atoms with Gasteiger partial charge in [0.15, 0.2) is 0 Å². The van der Waals surface area contributed by atoms with Crippen molar-refractivity contribution in [2.45, 2.75) is 65.5 Å². The zero-order valence-electron chi connectivity index (χ0n) is 23.0. The summed E-state index contributed by atoms with van der Waals surface area (Å²) in [5.74, 6) is 0.252. The van der Waals surface area contributed by atoms with Crippen molar-refractivity contribution in [3.8, 4) is 5.75 Å². The Balaban J connectivity index is 2.25. The minimum absolute atomic E-state index is 0.0777. The maximum atomic E-state index is 13.6. The molecule has 0 aliphatic heterocycles. The van der Waals surface area contributed by atoms with E-state index < -0.39 is 16.1 Å². The molecule has 210 valence electrons. The highest BCUT2D eigenvalue weighted by Gasteiger charge is 2.29. The summed E-state index contributed by atoms with van der Waals surface area (Å²) in [6.45, 7) is 6.59. The van der Waals surface area contributed by atoms with E-state index in [0.29, 0.717) is 35.0 Å². The van der Waals surface area contributed by atoms with Crippen molar-refractivity contribution < 1.29 is 22.7 Å². The number of hydrogen-bond acceptors (Lipinski definition) is 5. The van der Waals surface area contributed by atoms with Crippen molar-refractivity contribution in [3.63, 3.8) is 0 Å². The Morgan fingerprint density at radius 2 is 1.82 bits per heavy atom. The molecule has 8 nitrogen and oxygen atoms in total. The van der Waals surface area contributed by atoms with Crippen LogP contribution in [-0.2, 0) is 26.2 Å². The van der Waals surface area contributed by atoms with Gasteiger partial charge in [0.2, 0.25) is 21.8 Å². The van der Waals surface area contributed by atoms with Gasteiger partial charge in [0.25, 0.3) is 0 Å². The molecule has 0 fully saturated rings. The smallest absolute Gasteiger partial charge is 0.242 e. The molecule has 0 saturated carbocycles. The lowest BCUT2D eigenvalue weighted by Crippen LogP contribution is -2.49. The van der Waals surface area contributed by atoms with Gasteiger partial charge in [0, 0.05) is 31.1 Å². The number of hydrogen-bond donors (Lipinski definition) is 1. The van der Waals surface area contributed by atoms with Crippen molar-refractivity contribution in [2.75, 3.05) is 30.8 Å². The lowest BCUT2D eigenvalue weighted by Gasteiger charge is -2.31. The number of carbonyl (C=O) groups is 2. The number of amides is 2. The van der Waals surface area contributed by atoms with Crippen LogP contribution in [0.4, 0.5) is 5.69 Å². The molecule has 0 saturated heterocycles. The summed E-state index contributed by atoms with van der Waals surface area (Å²) in [5, 5.41) is 3.42. The molecular weight excluding hydrogens is 526 g/mol. The Morgan fingerprint density at radius 3 is 2.45 bits per heavy atom. The van der Waals surface area contributed by atoms with E-state index in [1.807, 2.05) is 38.1 Å². The SMILES string of the molecule is CCCCNC(=O)C(CC)N(Cc1cccc(OC)c1)C(=O)CCCN(c1cccc(Cl)c1C)S(C)(=O)=O. The van der Waals surface area contributed by atoms with Crippen molar-refractivity contribution in [2.24, 2.45) is 0 Å². The van der Waals surface area contributed by atoms with Crippen molar-refractivity contribution in [3.05, 3.63) is 58.6 Å². The molecule has 2 amide bonds. The Bertz CT molecular complexity index is 1190. The summed E-state index contributed by atoms with van der Waals surface area (Å²) in [7, 11) is -2.03. The average Bonchev–Trinajstić information content (AvgIpc) is 2.88. The van der Waals surface area contributed by atoms with Crippen molar-refractivity contribution >= 4 is 39.1 Å². The molecule has 1 N–H and O–H groups in total. The Kier molecular flexibility index (Phi) is 12.4. The van der Waals surface area contributed by atoms with Gasteiger partial charge in [-0.25, -0.2) is 8.42 Å². The number of carbonyl (C=O) groups excluding carboxylic acids is 2. The van der Waals surface area contributed by atoms with Gasteiger partial charge in [0.1, 0.15) is 11.8 Å². The second kappa shape index (κ2) is 15.0. The normalized spacial score (nSPS) is 12.1. The van der Waals surface area contributed by atoms with E-state index in [0.717, 1.165) is 24.7 Å². The monoisotopic (exact) mass is 565 g/mol. The van der Waals surface area contributed by atoms with Gasteiger partial charge < -0.3 is 15.0 Å². The number of benzene rings is 2. The molecule has 2 aromatic carbocycles. The summed E-state index contributed by atoms with van der Waals surface area (Å²) in [6, 6.07) is 11.9. The first kappa shape index (κ1) is 31.4. The molecule has 0 heterocycles. The minimum Gasteiger partial charge on any atom is -0.497 e. The summed E-state index contributed by atoms with van der Waals surface area (Å²) in [4.78, 5) is 28.2. The van der Waals surface area contributed by atoms with Gasteiger partial charge in [-0.1, -0.05) is 50.1 Å². The molecule has 2 rings (SSSR count). The molecule has 1 unspecified atom stereocenters. The van der Waals surface area contributed by atoms with E-state index in [1.165, 1.54) is 4.31 Å². The average molecular weight is 566 g/mol. The van der Waals surface area contributed by atoms with Crippen LogP contribution in [0.2, 0.25) is 5.02 Å². The van der Waals surface area contributed by atoms with Crippen molar-refractivity contribution in [1.82, 2.24) is 10.2 Å². The van der Waals surface area contributed by atoms with Gasteiger partial charge in [-0.05, 0) is 61.6 Å². The van der Waals surface area contributed by atoms with Crippen LogP contribution in [0, 0.1) is 6.92 Å². The number of nitrogens with zero attached hydrogens (tertiary/aromatic N) is 2. The third kappa shape index (κ3) is 8.91. The second-order valence-corrected chi connectivity index (χ2v) is 11.6. The van der Waals surface area contributed by atoms with Crippen LogP contribution in [0.3, 0.4) is 0 Å². The zero-order chi connectivity index (χ0) is 28.3. The first-order valence-corrected chi connectivity index (χ1v) is 15.2. The van der Waals surface area contributed by atoms with Crippen LogP contribution >= 0.6 is 11.6 Å². The van der Waals surface area contributed by atoms with Crippen LogP contribution in [0.25, 0.3) is 0 Å². The van der Waals surface area contributed by atoms with E-state index in [9.17, 15) is 18.0 Å². The number of ether oxygens (including phenoxy) is 1. The van der Waals surface area contributed by atoms with Crippen LogP contribution in [0.1, 0.15) is 57.1 Å². The zero-order valence-corrected chi connectivity index (χ0v) is 24.6. The standard InChI is InChI=1S/C28H40ClN3O5S/c1-6-8-17-30-28(34)25(7-2)31(20-22-12-9-13-23(19-22)37-4)27(33)16-11-18-32(38(5,35)36)26-15-10-14-24(29)21(26)3/h9-10,12-15,19,25H,6-8,11,16-18,20H2,1-5H3,(H,30,34). The summed E-state index contributed by atoms with van der Waals surface area (Å²) >= 11 is 6.23.